The minimum absolute atomic E-state index is 0.790. The maximum atomic E-state index is 4.19. The maximum Gasteiger partial charge on any atom is 0.106 e. The molecular formula is C6H15BS. The average Bonchev–Trinajstić information content (AvgIpc) is 1.65. The van der Waals surface area contributed by atoms with Crippen LogP contribution in [0.4, 0.5) is 0 Å². The molecule has 0 rings (SSSR count). The molecule has 0 aliphatic rings. The molecule has 0 aliphatic heterocycles. The molecule has 0 radical (unpaired) electrons. The first-order chi connectivity index (χ1) is 3.66. The molecule has 0 saturated carbocycles. The zero-order valence-corrected chi connectivity index (χ0v) is 6.91. The van der Waals surface area contributed by atoms with Crippen LogP contribution in [0.2, 0.25) is 5.82 Å². The molecule has 0 saturated heterocycles. The standard InChI is InChI=1S/C6H15BS/c1-5(2)3-6(7)4-8/h5-6,8H,3-4,7H2,1-2H3. The molecule has 0 spiro atoms. The van der Waals surface area contributed by atoms with Crippen LogP contribution in [0.3, 0.4) is 0 Å². The molecular weight excluding hydrogens is 115 g/mol. The first kappa shape index (κ1) is 8.41. The van der Waals surface area contributed by atoms with Gasteiger partial charge in [0.25, 0.3) is 0 Å². The summed E-state index contributed by atoms with van der Waals surface area (Å²) in [7, 11) is 2.24. The van der Waals surface area contributed by atoms with Crippen LogP contribution in [0, 0.1) is 5.92 Å². The summed E-state index contributed by atoms with van der Waals surface area (Å²) in [6, 6.07) is 0. The summed E-state index contributed by atoms with van der Waals surface area (Å²) in [5.74, 6) is 2.65. The van der Waals surface area contributed by atoms with Gasteiger partial charge in [0.2, 0.25) is 0 Å². The second-order valence-electron chi connectivity index (χ2n) is 2.92. The van der Waals surface area contributed by atoms with Crippen molar-refractivity contribution in [3.8, 4) is 0 Å². The number of thiol groups is 1. The van der Waals surface area contributed by atoms with Crippen LogP contribution in [0.5, 0.6) is 0 Å². The minimum atomic E-state index is 0.790. The van der Waals surface area contributed by atoms with Gasteiger partial charge < -0.3 is 0 Å². The third-order valence-electron chi connectivity index (χ3n) is 1.19. The zero-order chi connectivity index (χ0) is 6.57. The topological polar surface area (TPSA) is 0 Å². The van der Waals surface area contributed by atoms with E-state index in [0.717, 1.165) is 17.5 Å². The Hall–Kier alpha value is 0.415. The van der Waals surface area contributed by atoms with Crippen LogP contribution in [-0.2, 0) is 0 Å². The van der Waals surface area contributed by atoms with Crippen molar-refractivity contribution in [1.29, 1.82) is 0 Å². The lowest BCUT2D eigenvalue weighted by Gasteiger charge is -2.09. The Morgan fingerprint density at radius 3 is 2.12 bits per heavy atom. The largest absolute Gasteiger partial charge is 0.180 e. The second kappa shape index (κ2) is 4.31. The predicted molar refractivity (Wildman–Crippen MR) is 45.6 cm³/mol. The normalized spacial score (nSPS) is 14.5. The molecule has 0 bridgehead atoms. The van der Waals surface area contributed by atoms with Gasteiger partial charge in [0, 0.05) is 0 Å². The van der Waals surface area contributed by atoms with Crippen molar-refractivity contribution in [3.63, 3.8) is 0 Å². The SMILES string of the molecule is BC(CS)CC(C)C. The van der Waals surface area contributed by atoms with Crippen LogP contribution in [0.1, 0.15) is 20.3 Å². The van der Waals surface area contributed by atoms with E-state index in [0.29, 0.717) is 0 Å². The van der Waals surface area contributed by atoms with E-state index in [1.165, 1.54) is 6.42 Å². The monoisotopic (exact) mass is 130 g/mol. The van der Waals surface area contributed by atoms with E-state index < -0.39 is 0 Å². The van der Waals surface area contributed by atoms with E-state index in [-0.39, 0.29) is 0 Å². The molecule has 1 unspecified atom stereocenters. The van der Waals surface area contributed by atoms with Crippen molar-refractivity contribution in [2.24, 2.45) is 5.92 Å². The lowest BCUT2D eigenvalue weighted by molar-refractivity contribution is 0.579. The summed E-state index contributed by atoms with van der Waals surface area (Å²) < 4.78 is 0. The summed E-state index contributed by atoms with van der Waals surface area (Å²) in [4.78, 5) is 0. The van der Waals surface area contributed by atoms with Gasteiger partial charge in [-0.15, -0.1) is 0 Å². The van der Waals surface area contributed by atoms with Crippen LogP contribution in [0.15, 0.2) is 0 Å². The van der Waals surface area contributed by atoms with Gasteiger partial charge in [-0.1, -0.05) is 26.1 Å². The van der Waals surface area contributed by atoms with Gasteiger partial charge in [0.15, 0.2) is 0 Å². The summed E-state index contributed by atoms with van der Waals surface area (Å²) in [5, 5.41) is 0. The third kappa shape index (κ3) is 4.57. The average molecular weight is 130 g/mol. The van der Waals surface area contributed by atoms with Gasteiger partial charge >= 0.3 is 0 Å². The van der Waals surface area contributed by atoms with E-state index in [1.54, 1.807) is 0 Å². The van der Waals surface area contributed by atoms with E-state index in [1.807, 2.05) is 0 Å². The molecule has 0 amide bonds. The third-order valence-corrected chi connectivity index (χ3v) is 1.81. The molecule has 0 aromatic carbocycles. The van der Waals surface area contributed by atoms with Crippen LogP contribution in [0.25, 0.3) is 0 Å². The first-order valence-electron chi connectivity index (χ1n) is 3.27. The highest BCUT2D eigenvalue weighted by atomic mass is 32.1. The molecule has 0 aliphatic carbocycles. The van der Waals surface area contributed by atoms with Gasteiger partial charge in [0.1, 0.15) is 7.85 Å². The van der Waals surface area contributed by atoms with E-state index in [2.05, 4.69) is 34.3 Å². The zero-order valence-electron chi connectivity index (χ0n) is 6.02. The molecule has 0 aromatic heterocycles. The molecule has 0 nitrogen and oxygen atoms in total. The van der Waals surface area contributed by atoms with Gasteiger partial charge in [-0.2, -0.15) is 12.6 Å². The van der Waals surface area contributed by atoms with Crippen molar-refractivity contribution in [3.05, 3.63) is 0 Å². The fourth-order valence-corrected chi connectivity index (χ4v) is 1.03. The molecule has 0 fully saturated rings. The smallest absolute Gasteiger partial charge is 0.106 e. The van der Waals surface area contributed by atoms with Gasteiger partial charge in [-0.25, -0.2) is 0 Å². The molecule has 48 valence electrons. The van der Waals surface area contributed by atoms with Crippen molar-refractivity contribution in [1.82, 2.24) is 0 Å². The van der Waals surface area contributed by atoms with E-state index in [9.17, 15) is 0 Å². The summed E-state index contributed by atoms with van der Waals surface area (Å²) in [6.45, 7) is 4.50. The molecule has 1 atom stereocenters. The van der Waals surface area contributed by atoms with Gasteiger partial charge in [-0.05, 0) is 11.7 Å². The van der Waals surface area contributed by atoms with E-state index in [4.69, 9.17) is 0 Å². The Balaban J connectivity index is 3.10. The van der Waals surface area contributed by atoms with Crippen molar-refractivity contribution in [2.45, 2.75) is 26.1 Å². The summed E-state index contributed by atoms with van der Waals surface area (Å²) in [6.07, 6.45) is 1.31. The van der Waals surface area contributed by atoms with Gasteiger partial charge in [-0.3, -0.25) is 0 Å². The predicted octanol–water partition coefficient (Wildman–Crippen LogP) is 1.38. The summed E-state index contributed by atoms with van der Waals surface area (Å²) >= 11 is 4.19. The second-order valence-corrected chi connectivity index (χ2v) is 3.28. The molecule has 0 heterocycles. The Bertz CT molecular complexity index is 54.5. The van der Waals surface area contributed by atoms with Crippen molar-refractivity contribution in [2.75, 3.05) is 5.75 Å². The minimum Gasteiger partial charge on any atom is -0.180 e. The quantitative estimate of drug-likeness (QED) is 0.433. The lowest BCUT2D eigenvalue weighted by atomic mass is 9.82. The lowest BCUT2D eigenvalue weighted by Crippen LogP contribution is -1.98. The summed E-state index contributed by atoms with van der Waals surface area (Å²) in [5.41, 5.74) is 0. The van der Waals surface area contributed by atoms with E-state index >= 15 is 0 Å². The Labute approximate surface area is 58.9 Å². The molecule has 0 N–H and O–H groups in total. The fourth-order valence-electron chi connectivity index (χ4n) is 0.879. The molecule has 0 aromatic rings. The Morgan fingerprint density at radius 1 is 1.50 bits per heavy atom. The molecule has 2 heteroatoms. The van der Waals surface area contributed by atoms with Crippen molar-refractivity contribution < 1.29 is 0 Å². The van der Waals surface area contributed by atoms with Crippen LogP contribution in [-0.4, -0.2) is 13.6 Å². The van der Waals surface area contributed by atoms with Gasteiger partial charge in [0.05, 0.1) is 0 Å². The van der Waals surface area contributed by atoms with Crippen LogP contribution < -0.4 is 0 Å². The maximum absolute atomic E-state index is 4.19. The molecule has 8 heavy (non-hydrogen) atoms. The number of rotatable bonds is 3. The highest BCUT2D eigenvalue weighted by Crippen LogP contribution is 2.13. The number of hydrogen-bond acceptors (Lipinski definition) is 1. The Morgan fingerprint density at radius 2 is 2.00 bits per heavy atom. The highest BCUT2D eigenvalue weighted by Gasteiger charge is 2.00. The highest BCUT2D eigenvalue weighted by molar-refractivity contribution is 7.80. The Kier molecular flexibility index (Phi) is 4.53. The van der Waals surface area contributed by atoms with Crippen molar-refractivity contribution >= 4 is 20.5 Å². The first-order valence-corrected chi connectivity index (χ1v) is 3.91. The fraction of sp³-hybridized carbons (Fsp3) is 1.00. The number of hydrogen-bond donors (Lipinski definition) is 1. The van der Waals surface area contributed by atoms with Crippen LogP contribution >= 0.6 is 12.6 Å².